The number of hydrogen-bond acceptors (Lipinski definition) is 3. The third kappa shape index (κ3) is 3.65. The zero-order valence-corrected chi connectivity index (χ0v) is 11.9. The van der Waals surface area contributed by atoms with Crippen molar-refractivity contribution in [2.24, 2.45) is 5.14 Å². The molecule has 0 saturated heterocycles. The Labute approximate surface area is 121 Å². The number of nitrogens with one attached hydrogen (secondary N) is 1. The van der Waals surface area contributed by atoms with Crippen LogP contribution >= 0.6 is 0 Å². The Balaban J connectivity index is 2.30. The van der Waals surface area contributed by atoms with Crippen molar-refractivity contribution in [3.05, 3.63) is 59.4 Å². The van der Waals surface area contributed by atoms with Crippen LogP contribution in [0.4, 0.5) is 10.1 Å². The van der Waals surface area contributed by atoms with Crippen molar-refractivity contribution < 1.29 is 17.6 Å². The van der Waals surface area contributed by atoms with Gasteiger partial charge in [0.2, 0.25) is 10.0 Å². The zero-order valence-electron chi connectivity index (χ0n) is 11.1. The number of primary sulfonamides is 1. The number of nitrogens with two attached hydrogens (primary N) is 1. The number of carbonyl (C=O) groups is 1. The minimum atomic E-state index is -3.87. The molecule has 3 N–H and O–H groups in total. The van der Waals surface area contributed by atoms with E-state index in [2.05, 4.69) is 5.32 Å². The maximum Gasteiger partial charge on any atom is 0.255 e. The van der Waals surface area contributed by atoms with Crippen molar-refractivity contribution in [2.75, 3.05) is 5.32 Å². The Morgan fingerprint density at radius 3 is 2.52 bits per heavy atom. The van der Waals surface area contributed by atoms with Crippen LogP contribution in [0.5, 0.6) is 0 Å². The van der Waals surface area contributed by atoms with E-state index in [-0.39, 0.29) is 16.1 Å². The van der Waals surface area contributed by atoms with Crippen molar-refractivity contribution in [3.63, 3.8) is 0 Å². The van der Waals surface area contributed by atoms with Gasteiger partial charge in [0.05, 0.1) is 4.90 Å². The highest BCUT2D eigenvalue weighted by atomic mass is 32.2. The van der Waals surface area contributed by atoms with E-state index < -0.39 is 21.7 Å². The minimum absolute atomic E-state index is 0.0699. The van der Waals surface area contributed by atoms with Crippen LogP contribution in [0.15, 0.2) is 47.4 Å². The van der Waals surface area contributed by atoms with Crippen molar-refractivity contribution in [3.8, 4) is 0 Å². The molecule has 2 rings (SSSR count). The minimum Gasteiger partial charge on any atom is -0.322 e. The maximum absolute atomic E-state index is 13.1. The lowest BCUT2D eigenvalue weighted by Gasteiger charge is -2.09. The van der Waals surface area contributed by atoms with E-state index in [9.17, 15) is 17.6 Å². The number of sulfonamides is 1. The maximum atomic E-state index is 13.1. The number of aryl methyl sites for hydroxylation is 1. The normalized spacial score (nSPS) is 11.2. The second-order valence-corrected chi connectivity index (χ2v) is 6.02. The molecule has 0 radical (unpaired) electrons. The summed E-state index contributed by atoms with van der Waals surface area (Å²) in [6.45, 7) is 1.60. The predicted octanol–water partition coefficient (Wildman–Crippen LogP) is 2.03. The highest BCUT2D eigenvalue weighted by Gasteiger charge is 2.14. The second-order valence-electron chi connectivity index (χ2n) is 4.49. The molecule has 0 aliphatic heterocycles. The van der Waals surface area contributed by atoms with Gasteiger partial charge in [-0.05, 0) is 42.8 Å². The Bertz CT molecular complexity index is 804. The molecule has 0 fully saturated rings. The Hall–Kier alpha value is -2.25. The molecule has 7 heteroatoms. The van der Waals surface area contributed by atoms with Gasteiger partial charge in [0.25, 0.3) is 5.91 Å². The SMILES string of the molecule is Cc1ccc(NC(=O)c2cccc(F)c2)cc1S(N)(=O)=O. The van der Waals surface area contributed by atoms with Crippen LogP contribution in [-0.2, 0) is 10.0 Å². The Morgan fingerprint density at radius 2 is 1.90 bits per heavy atom. The van der Waals surface area contributed by atoms with E-state index in [1.165, 1.54) is 30.3 Å². The van der Waals surface area contributed by atoms with Crippen LogP contribution in [0.3, 0.4) is 0 Å². The van der Waals surface area contributed by atoms with Crippen LogP contribution in [0, 0.1) is 12.7 Å². The molecular formula is C14H13FN2O3S. The molecule has 0 atom stereocenters. The lowest BCUT2D eigenvalue weighted by atomic mass is 10.2. The highest BCUT2D eigenvalue weighted by molar-refractivity contribution is 7.89. The van der Waals surface area contributed by atoms with Gasteiger partial charge in [-0.1, -0.05) is 12.1 Å². The zero-order chi connectivity index (χ0) is 15.6. The van der Waals surface area contributed by atoms with E-state index >= 15 is 0 Å². The van der Waals surface area contributed by atoms with Crippen molar-refractivity contribution in [2.45, 2.75) is 11.8 Å². The molecule has 21 heavy (non-hydrogen) atoms. The summed E-state index contributed by atoms with van der Waals surface area (Å²) in [5, 5.41) is 7.60. The molecule has 0 heterocycles. The fourth-order valence-electron chi connectivity index (χ4n) is 1.82. The average molecular weight is 308 g/mol. The number of rotatable bonds is 3. The third-order valence-electron chi connectivity index (χ3n) is 2.84. The van der Waals surface area contributed by atoms with Gasteiger partial charge in [-0.2, -0.15) is 0 Å². The summed E-state index contributed by atoms with van der Waals surface area (Å²) >= 11 is 0. The van der Waals surface area contributed by atoms with Crippen LogP contribution in [-0.4, -0.2) is 14.3 Å². The molecule has 2 aromatic rings. The van der Waals surface area contributed by atoms with E-state index in [0.717, 1.165) is 6.07 Å². The molecule has 5 nitrogen and oxygen atoms in total. The van der Waals surface area contributed by atoms with Crippen LogP contribution in [0.25, 0.3) is 0 Å². The van der Waals surface area contributed by atoms with Gasteiger partial charge < -0.3 is 5.32 Å². The average Bonchev–Trinajstić information content (AvgIpc) is 2.39. The van der Waals surface area contributed by atoms with E-state index in [1.54, 1.807) is 13.0 Å². The van der Waals surface area contributed by atoms with E-state index in [0.29, 0.717) is 5.56 Å². The van der Waals surface area contributed by atoms with Crippen molar-refractivity contribution >= 4 is 21.6 Å². The summed E-state index contributed by atoms with van der Waals surface area (Å²) < 4.78 is 35.9. The molecule has 0 aliphatic rings. The number of benzene rings is 2. The first-order valence-corrected chi connectivity index (χ1v) is 7.52. The summed E-state index contributed by atoms with van der Waals surface area (Å²) in [6.07, 6.45) is 0. The first-order valence-electron chi connectivity index (χ1n) is 5.98. The van der Waals surface area contributed by atoms with Gasteiger partial charge in [-0.15, -0.1) is 0 Å². The topological polar surface area (TPSA) is 89.3 Å². The fraction of sp³-hybridized carbons (Fsp3) is 0.0714. The van der Waals surface area contributed by atoms with E-state index in [4.69, 9.17) is 5.14 Å². The molecule has 1 amide bonds. The fourth-order valence-corrected chi connectivity index (χ4v) is 2.63. The predicted molar refractivity (Wildman–Crippen MR) is 76.9 cm³/mol. The molecule has 110 valence electrons. The smallest absolute Gasteiger partial charge is 0.255 e. The van der Waals surface area contributed by atoms with Gasteiger partial charge >= 0.3 is 0 Å². The molecule has 0 saturated carbocycles. The molecule has 0 aromatic heterocycles. The Kier molecular flexibility index (Phi) is 4.06. The largest absolute Gasteiger partial charge is 0.322 e. The monoisotopic (exact) mass is 308 g/mol. The van der Waals surface area contributed by atoms with Crippen LogP contribution in [0.2, 0.25) is 0 Å². The van der Waals surface area contributed by atoms with Crippen molar-refractivity contribution in [1.29, 1.82) is 0 Å². The number of hydrogen-bond donors (Lipinski definition) is 2. The van der Waals surface area contributed by atoms with E-state index in [1.807, 2.05) is 0 Å². The summed E-state index contributed by atoms with van der Waals surface area (Å²) in [5.41, 5.74) is 0.868. The van der Waals surface area contributed by atoms with Crippen molar-refractivity contribution in [1.82, 2.24) is 0 Å². The summed E-state index contributed by atoms with van der Waals surface area (Å²) in [4.78, 5) is 11.9. The molecule has 2 aromatic carbocycles. The molecule has 0 aliphatic carbocycles. The quantitative estimate of drug-likeness (QED) is 0.909. The Morgan fingerprint density at radius 1 is 1.19 bits per heavy atom. The first-order chi connectivity index (χ1) is 9.77. The number of anilines is 1. The van der Waals surface area contributed by atoms with Gasteiger partial charge in [-0.3, -0.25) is 4.79 Å². The standard InChI is InChI=1S/C14H13FN2O3S/c1-9-5-6-12(8-13(9)21(16,19)20)17-14(18)10-3-2-4-11(15)7-10/h2-8H,1H3,(H,17,18)(H2,16,19,20). The molecule has 0 bridgehead atoms. The first kappa shape index (κ1) is 15.1. The molecular weight excluding hydrogens is 295 g/mol. The lowest BCUT2D eigenvalue weighted by molar-refractivity contribution is 0.102. The highest BCUT2D eigenvalue weighted by Crippen LogP contribution is 2.19. The van der Waals surface area contributed by atoms with Crippen LogP contribution in [0.1, 0.15) is 15.9 Å². The lowest BCUT2D eigenvalue weighted by Crippen LogP contribution is -2.16. The van der Waals surface area contributed by atoms with Gasteiger partial charge in [-0.25, -0.2) is 17.9 Å². The van der Waals surface area contributed by atoms with Gasteiger partial charge in [0.15, 0.2) is 0 Å². The van der Waals surface area contributed by atoms with Crippen LogP contribution < -0.4 is 10.5 Å². The second kappa shape index (κ2) is 5.63. The molecule has 0 unspecified atom stereocenters. The third-order valence-corrected chi connectivity index (χ3v) is 3.89. The summed E-state index contributed by atoms with van der Waals surface area (Å²) in [6, 6.07) is 9.51. The number of carbonyl (C=O) groups excluding carboxylic acids is 1. The summed E-state index contributed by atoms with van der Waals surface area (Å²) in [7, 11) is -3.87. The number of halogens is 1. The van der Waals surface area contributed by atoms with Gasteiger partial charge in [0.1, 0.15) is 5.82 Å². The molecule has 0 spiro atoms. The summed E-state index contributed by atoms with van der Waals surface area (Å²) in [5.74, 6) is -1.07. The number of amides is 1. The van der Waals surface area contributed by atoms with Gasteiger partial charge in [0, 0.05) is 11.3 Å².